The number of nitrogens with zero attached hydrogens (tertiary/aromatic N) is 1. The summed E-state index contributed by atoms with van der Waals surface area (Å²) in [5, 5.41) is 5.69. The number of aliphatic imine (C=N–C) groups is 1. The van der Waals surface area contributed by atoms with E-state index in [9.17, 15) is 4.79 Å². The Balaban J connectivity index is 2.00. The summed E-state index contributed by atoms with van der Waals surface area (Å²) in [5.41, 5.74) is 3.06. The van der Waals surface area contributed by atoms with Gasteiger partial charge in [-0.1, -0.05) is 48.5 Å². The van der Waals surface area contributed by atoms with Gasteiger partial charge in [0.05, 0.1) is 7.11 Å². The van der Waals surface area contributed by atoms with Gasteiger partial charge in [0.2, 0.25) is 5.96 Å². The Bertz CT molecular complexity index is 683. The van der Waals surface area contributed by atoms with Gasteiger partial charge in [0, 0.05) is 11.3 Å². The van der Waals surface area contributed by atoms with E-state index in [-0.39, 0.29) is 6.04 Å². The molecule has 0 saturated heterocycles. The van der Waals surface area contributed by atoms with Crippen molar-refractivity contribution in [2.24, 2.45) is 4.99 Å². The van der Waals surface area contributed by atoms with Gasteiger partial charge in [0.1, 0.15) is 6.04 Å². The minimum atomic E-state index is -0.549. The molecule has 106 valence electrons. The van der Waals surface area contributed by atoms with Gasteiger partial charge >= 0.3 is 6.09 Å². The van der Waals surface area contributed by atoms with Crippen LogP contribution in [0.15, 0.2) is 59.6 Å². The number of ether oxygens (including phenoxy) is 1. The number of anilines is 1. The number of hydrogen-bond donors (Lipinski definition) is 2. The lowest BCUT2D eigenvalue weighted by molar-refractivity contribution is 0.176. The first-order valence-corrected chi connectivity index (χ1v) is 6.61. The standard InChI is InChI=1S/C16H15N3O2/c1-21-16(20)19-15-17-13-10-6-5-9-12(13)14(18-15)11-7-3-2-4-8-11/h2-10,14H,1H3,(H2,17,18,19,20). The molecule has 2 aromatic rings. The number of hydrogen-bond acceptors (Lipinski definition) is 4. The largest absolute Gasteiger partial charge is 0.453 e. The molecule has 1 atom stereocenters. The van der Waals surface area contributed by atoms with Crippen molar-refractivity contribution in [2.75, 3.05) is 12.4 Å². The number of guanidine groups is 1. The molecule has 0 aromatic heterocycles. The third kappa shape index (κ3) is 2.72. The third-order valence-electron chi connectivity index (χ3n) is 3.29. The van der Waals surface area contributed by atoms with E-state index in [4.69, 9.17) is 0 Å². The van der Waals surface area contributed by atoms with Crippen molar-refractivity contribution in [3.8, 4) is 0 Å². The second-order valence-electron chi connectivity index (χ2n) is 4.62. The number of fused-ring (bicyclic) bond motifs is 1. The lowest BCUT2D eigenvalue weighted by Crippen LogP contribution is -2.38. The summed E-state index contributed by atoms with van der Waals surface area (Å²) in [6.45, 7) is 0. The van der Waals surface area contributed by atoms with E-state index in [0.717, 1.165) is 16.8 Å². The van der Waals surface area contributed by atoms with Crippen LogP contribution in [0, 0.1) is 0 Å². The summed E-state index contributed by atoms with van der Waals surface area (Å²) in [7, 11) is 1.32. The highest BCUT2D eigenvalue weighted by Gasteiger charge is 2.23. The molecule has 1 heterocycles. The van der Waals surface area contributed by atoms with Crippen LogP contribution in [0.3, 0.4) is 0 Å². The van der Waals surface area contributed by atoms with Crippen molar-refractivity contribution in [3.63, 3.8) is 0 Å². The Kier molecular flexibility index (Phi) is 3.55. The van der Waals surface area contributed by atoms with E-state index in [1.165, 1.54) is 7.11 Å². The Morgan fingerprint density at radius 3 is 2.62 bits per heavy atom. The topological polar surface area (TPSA) is 62.7 Å². The maximum atomic E-state index is 11.4. The van der Waals surface area contributed by atoms with Gasteiger partial charge in [0.25, 0.3) is 0 Å². The van der Waals surface area contributed by atoms with E-state index >= 15 is 0 Å². The van der Waals surface area contributed by atoms with Gasteiger partial charge in [-0.05, 0) is 11.6 Å². The van der Waals surface area contributed by atoms with E-state index in [0.29, 0.717) is 5.96 Å². The quantitative estimate of drug-likeness (QED) is 0.844. The first-order valence-electron chi connectivity index (χ1n) is 6.61. The Hall–Kier alpha value is -2.82. The van der Waals surface area contributed by atoms with E-state index in [1.807, 2.05) is 54.6 Å². The fourth-order valence-electron chi connectivity index (χ4n) is 2.31. The Morgan fingerprint density at radius 1 is 1.14 bits per heavy atom. The molecule has 1 unspecified atom stereocenters. The highest BCUT2D eigenvalue weighted by Crippen LogP contribution is 2.34. The van der Waals surface area contributed by atoms with Crippen LogP contribution in [-0.2, 0) is 4.74 Å². The predicted octanol–water partition coefficient (Wildman–Crippen LogP) is 2.91. The fraction of sp³-hybridized carbons (Fsp3) is 0.125. The molecular formula is C16H15N3O2. The van der Waals surface area contributed by atoms with Crippen LogP contribution >= 0.6 is 0 Å². The molecule has 0 spiro atoms. The molecule has 0 radical (unpaired) electrons. The fourth-order valence-corrected chi connectivity index (χ4v) is 2.31. The smallest absolute Gasteiger partial charge is 0.413 e. The second kappa shape index (κ2) is 5.66. The van der Waals surface area contributed by atoms with E-state index < -0.39 is 6.09 Å². The molecule has 21 heavy (non-hydrogen) atoms. The number of carbonyl (C=O) groups excluding carboxylic acids is 1. The summed E-state index contributed by atoms with van der Waals surface area (Å²) >= 11 is 0. The monoisotopic (exact) mass is 281 g/mol. The zero-order valence-corrected chi connectivity index (χ0v) is 11.5. The molecular weight excluding hydrogens is 266 g/mol. The average Bonchev–Trinajstić information content (AvgIpc) is 2.55. The predicted molar refractivity (Wildman–Crippen MR) is 81.3 cm³/mol. The van der Waals surface area contributed by atoms with Gasteiger partial charge in [-0.15, -0.1) is 0 Å². The number of carbonyl (C=O) groups is 1. The molecule has 3 rings (SSSR count). The molecule has 1 aliphatic rings. The molecule has 1 aliphatic heterocycles. The lowest BCUT2D eigenvalue weighted by Gasteiger charge is -2.25. The van der Waals surface area contributed by atoms with E-state index in [1.54, 1.807) is 0 Å². The van der Waals surface area contributed by atoms with Crippen LogP contribution in [0.4, 0.5) is 10.5 Å². The van der Waals surface area contributed by atoms with E-state index in [2.05, 4.69) is 20.4 Å². The van der Waals surface area contributed by atoms with Crippen LogP contribution in [0.5, 0.6) is 0 Å². The molecule has 0 fully saturated rings. The number of rotatable bonds is 1. The van der Waals surface area contributed by atoms with Crippen LogP contribution < -0.4 is 10.6 Å². The summed E-state index contributed by atoms with van der Waals surface area (Å²) in [4.78, 5) is 16.0. The summed E-state index contributed by atoms with van der Waals surface area (Å²) in [6.07, 6.45) is -0.549. The van der Waals surface area contributed by atoms with Crippen LogP contribution in [0.1, 0.15) is 17.2 Å². The Morgan fingerprint density at radius 2 is 1.86 bits per heavy atom. The van der Waals surface area contributed by atoms with Crippen molar-refractivity contribution in [1.29, 1.82) is 0 Å². The minimum Gasteiger partial charge on any atom is -0.453 e. The van der Waals surface area contributed by atoms with Crippen LogP contribution in [0.2, 0.25) is 0 Å². The van der Waals surface area contributed by atoms with Crippen molar-refractivity contribution in [1.82, 2.24) is 5.32 Å². The number of amides is 1. The number of alkyl carbamates (subject to hydrolysis) is 1. The van der Waals surface area contributed by atoms with Gasteiger partial charge < -0.3 is 10.1 Å². The number of methoxy groups -OCH3 is 1. The lowest BCUT2D eigenvalue weighted by atomic mass is 9.96. The minimum absolute atomic E-state index is 0.157. The molecule has 5 heteroatoms. The van der Waals surface area contributed by atoms with Crippen molar-refractivity contribution in [2.45, 2.75) is 6.04 Å². The maximum absolute atomic E-state index is 11.4. The van der Waals surface area contributed by atoms with Gasteiger partial charge in [-0.3, -0.25) is 5.32 Å². The Labute approximate surface area is 122 Å². The van der Waals surface area contributed by atoms with Crippen molar-refractivity contribution in [3.05, 3.63) is 65.7 Å². The first-order chi connectivity index (χ1) is 10.3. The zero-order chi connectivity index (χ0) is 14.7. The maximum Gasteiger partial charge on any atom is 0.413 e. The SMILES string of the molecule is COC(=O)NC1=NC(c2ccccc2)c2ccccc2N1. The average molecular weight is 281 g/mol. The van der Waals surface area contributed by atoms with Crippen LogP contribution in [0.25, 0.3) is 0 Å². The number of nitrogens with one attached hydrogen (secondary N) is 2. The summed E-state index contributed by atoms with van der Waals surface area (Å²) in [5.74, 6) is 0.384. The zero-order valence-electron chi connectivity index (χ0n) is 11.5. The molecule has 0 saturated carbocycles. The van der Waals surface area contributed by atoms with Crippen molar-refractivity contribution >= 4 is 17.7 Å². The molecule has 1 amide bonds. The van der Waals surface area contributed by atoms with Gasteiger partial charge in [-0.25, -0.2) is 9.79 Å². The highest BCUT2D eigenvalue weighted by molar-refractivity contribution is 6.04. The van der Waals surface area contributed by atoms with Gasteiger partial charge in [-0.2, -0.15) is 0 Å². The summed E-state index contributed by atoms with van der Waals surface area (Å²) < 4.78 is 4.61. The number of para-hydroxylation sites is 1. The normalized spacial score (nSPS) is 16.2. The molecule has 0 bridgehead atoms. The molecule has 2 aromatic carbocycles. The van der Waals surface area contributed by atoms with Crippen LogP contribution in [-0.4, -0.2) is 19.2 Å². The molecule has 2 N–H and O–H groups in total. The van der Waals surface area contributed by atoms with Crippen molar-refractivity contribution < 1.29 is 9.53 Å². The van der Waals surface area contributed by atoms with Gasteiger partial charge in [0.15, 0.2) is 0 Å². The summed E-state index contributed by atoms with van der Waals surface area (Å²) in [6, 6.07) is 17.7. The molecule has 5 nitrogen and oxygen atoms in total. The number of benzene rings is 2. The highest BCUT2D eigenvalue weighted by atomic mass is 16.5. The third-order valence-corrected chi connectivity index (χ3v) is 3.29. The molecule has 0 aliphatic carbocycles. The second-order valence-corrected chi connectivity index (χ2v) is 4.62. The first kappa shape index (κ1) is 13.2.